The van der Waals surface area contributed by atoms with E-state index in [-0.39, 0.29) is 12.4 Å². The molecule has 2 saturated carbocycles. The molecule has 1 aromatic rings. The van der Waals surface area contributed by atoms with Crippen molar-refractivity contribution in [3.05, 3.63) is 35.4 Å². The molecule has 1 aromatic carbocycles. The number of hydrogen-bond acceptors (Lipinski definition) is 1. The molecule has 2 fully saturated rings. The van der Waals surface area contributed by atoms with Crippen LogP contribution in [0.2, 0.25) is 0 Å². The SMILES string of the molecule is Cc1ccc(C23CC(N(C)C)CCCCCCCCCCCC2C3)cc1.Cl. The van der Waals surface area contributed by atoms with Crippen LogP contribution in [0.5, 0.6) is 0 Å². The zero-order chi connectivity index (χ0) is 18.4. The van der Waals surface area contributed by atoms with Crippen LogP contribution >= 0.6 is 12.4 Å². The Balaban J connectivity index is 0.00000261. The summed E-state index contributed by atoms with van der Waals surface area (Å²) in [5.74, 6) is 0.929. The molecule has 1 nitrogen and oxygen atoms in total. The summed E-state index contributed by atoms with van der Waals surface area (Å²) in [6, 6.07) is 10.3. The van der Waals surface area contributed by atoms with Gasteiger partial charge in [-0.05, 0) is 63.6 Å². The second-order valence-electron chi connectivity index (χ2n) is 9.50. The molecule has 2 aliphatic rings. The van der Waals surface area contributed by atoms with Crippen molar-refractivity contribution < 1.29 is 0 Å². The maximum atomic E-state index is 2.52. The highest BCUT2D eigenvalue weighted by molar-refractivity contribution is 5.85. The van der Waals surface area contributed by atoms with Gasteiger partial charge in [-0.15, -0.1) is 12.4 Å². The molecule has 2 aliphatic carbocycles. The number of nitrogens with zero attached hydrogens (tertiary/aromatic N) is 1. The fourth-order valence-corrected chi connectivity index (χ4v) is 5.34. The molecule has 0 spiro atoms. The van der Waals surface area contributed by atoms with Crippen LogP contribution in [0.3, 0.4) is 0 Å². The molecule has 3 unspecified atom stereocenters. The van der Waals surface area contributed by atoms with Gasteiger partial charge in [-0.3, -0.25) is 0 Å². The van der Waals surface area contributed by atoms with Crippen molar-refractivity contribution in [2.45, 2.75) is 102 Å². The van der Waals surface area contributed by atoms with Crippen molar-refractivity contribution in [2.75, 3.05) is 14.1 Å². The van der Waals surface area contributed by atoms with Gasteiger partial charge in [0.05, 0.1) is 0 Å². The molecule has 27 heavy (non-hydrogen) atoms. The Morgan fingerprint density at radius 1 is 0.741 bits per heavy atom. The van der Waals surface area contributed by atoms with E-state index in [1.54, 1.807) is 5.56 Å². The van der Waals surface area contributed by atoms with E-state index in [9.17, 15) is 0 Å². The second kappa shape index (κ2) is 10.9. The first-order valence-corrected chi connectivity index (χ1v) is 11.4. The number of halogens is 1. The number of hydrogen-bond donors (Lipinski definition) is 0. The Morgan fingerprint density at radius 2 is 1.26 bits per heavy atom. The van der Waals surface area contributed by atoms with Crippen LogP contribution in [-0.2, 0) is 5.41 Å². The maximum absolute atomic E-state index is 2.52. The lowest BCUT2D eigenvalue weighted by atomic mass is 9.83. The normalized spacial score (nSPS) is 30.5. The molecule has 0 N–H and O–H groups in total. The van der Waals surface area contributed by atoms with Crippen LogP contribution < -0.4 is 0 Å². The van der Waals surface area contributed by atoms with E-state index >= 15 is 0 Å². The summed E-state index contributed by atoms with van der Waals surface area (Å²) >= 11 is 0. The van der Waals surface area contributed by atoms with Crippen molar-refractivity contribution in [1.82, 2.24) is 4.90 Å². The topological polar surface area (TPSA) is 3.24 Å². The Morgan fingerprint density at radius 3 is 1.81 bits per heavy atom. The third kappa shape index (κ3) is 6.23. The van der Waals surface area contributed by atoms with Crippen molar-refractivity contribution in [1.29, 1.82) is 0 Å². The lowest BCUT2D eigenvalue weighted by Gasteiger charge is -2.30. The molecule has 0 radical (unpaired) electrons. The summed E-state index contributed by atoms with van der Waals surface area (Å²) in [6.45, 7) is 2.21. The standard InChI is InChI=1S/C25H41N.ClH/c1-21-15-17-22(18-16-21)25-19-23(25)13-11-9-7-5-4-6-8-10-12-14-24(20-25)26(2)3;/h15-18,23-24H,4-14,19-20H2,1-3H3;1H. The van der Waals surface area contributed by atoms with Crippen molar-refractivity contribution >= 4 is 12.4 Å². The third-order valence-electron chi connectivity index (χ3n) is 7.28. The highest BCUT2D eigenvalue weighted by atomic mass is 35.5. The van der Waals surface area contributed by atoms with Gasteiger partial charge in [0, 0.05) is 6.04 Å². The summed E-state index contributed by atoms with van der Waals surface area (Å²) in [6.07, 6.45) is 18.7. The molecule has 0 bridgehead atoms. The summed E-state index contributed by atoms with van der Waals surface area (Å²) in [5, 5.41) is 0. The fraction of sp³-hybridized carbons (Fsp3) is 0.760. The highest BCUT2D eigenvalue weighted by Gasteiger charge is 2.55. The highest BCUT2D eigenvalue weighted by Crippen LogP contribution is 2.60. The number of rotatable bonds is 2. The zero-order valence-corrected chi connectivity index (χ0v) is 18.8. The van der Waals surface area contributed by atoms with Gasteiger partial charge >= 0.3 is 0 Å². The average molecular weight is 392 g/mol. The van der Waals surface area contributed by atoms with E-state index in [0.717, 1.165) is 12.0 Å². The molecule has 3 atom stereocenters. The number of benzene rings is 1. The van der Waals surface area contributed by atoms with E-state index in [1.807, 2.05) is 0 Å². The Kier molecular flexibility index (Phi) is 9.16. The van der Waals surface area contributed by atoms with E-state index in [0.29, 0.717) is 5.41 Å². The maximum Gasteiger partial charge on any atom is 0.00977 e. The molecule has 0 aromatic heterocycles. The Bertz CT molecular complexity index is 538. The van der Waals surface area contributed by atoms with Crippen LogP contribution in [0.15, 0.2) is 24.3 Å². The first-order valence-electron chi connectivity index (χ1n) is 11.4. The van der Waals surface area contributed by atoms with Crippen LogP contribution in [0, 0.1) is 12.8 Å². The van der Waals surface area contributed by atoms with Gasteiger partial charge in [0.1, 0.15) is 0 Å². The van der Waals surface area contributed by atoms with E-state index < -0.39 is 0 Å². The minimum Gasteiger partial charge on any atom is -0.306 e. The van der Waals surface area contributed by atoms with Crippen molar-refractivity contribution in [3.63, 3.8) is 0 Å². The lowest BCUT2D eigenvalue weighted by Crippen LogP contribution is -2.32. The first-order chi connectivity index (χ1) is 12.6. The monoisotopic (exact) mass is 391 g/mol. The third-order valence-corrected chi connectivity index (χ3v) is 7.28. The fourth-order valence-electron chi connectivity index (χ4n) is 5.34. The van der Waals surface area contributed by atoms with Gasteiger partial charge in [0.2, 0.25) is 0 Å². The quantitative estimate of drug-likeness (QED) is 0.511. The lowest BCUT2D eigenvalue weighted by molar-refractivity contribution is 0.234. The van der Waals surface area contributed by atoms with Gasteiger partial charge in [0.25, 0.3) is 0 Å². The van der Waals surface area contributed by atoms with E-state index in [4.69, 9.17) is 0 Å². The molecule has 0 aliphatic heterocycles. The first kappa shape index (κ1) is 22.8. The van der Waals surface area contributed by atoms with Crippen molar-refractivity contribution in [3.8, 4) is 0 Å². The molecule has 154 valence electrons. The molecular weight excluding hydrogens is 350 g/mol. The summed E-state index contributed by atoms with van der Waals surface area (Å²) in [7, 11) is 4.61. The smallest absolute Gasteiger partial charge is 0.00977 e. The summed E-state index contributed by atoms with van der Waals surface area (Å²) in [4.78, 5) is 2.52. The minimum absolute atomic E-state index is 0. The predicted molar refractivity (Wildman–Crippen MR) is 121 cm³/mol. The van der Waals surface area contributed by atoms with Crippen LogP contribution in [0.1, 0.15) is 94.6 Å². The average Bonchev–Trinajstić information content (AvgIpc) is 3.32. The van der Waals surface area contributed by atoms with Gasteiger partial charge in [-0.2, -0.15) is 0 Å². The molecular formula is C25H42ClN. The van der Waals surface area contributed by atoms with Crippen molar-refractivity contribution in [2.24, 2.45) is 5.92 Å². The van der Waals surface area contributed by atoms with Gasteiger partial charge in [0.15, 0.2) is 0 Å². The Hall–Kier alpha value is -0.530. The second-order valence-corrected chi connectivity index (χ2v) is 9.50. The van der Waals surface area contributed by atoms with Gasteiger partial charge in [-0.1, -0.05) is 87.6 Å². The van der Waals surface area contributed by atoms with Crippen LogP contribution in [0.4, 0.5) is 0 Å². The molecule has 0 amide bonds. The van der Waals surface area contributed by atoms with Gasteiger partial charge in [-0.25, -0.2) is 0 Å². The van der Waals surface area contributed by atoms with Crippen LogP contribution in [-0.4, -0.2) is 25.0 Å². The Labute approximate surface area is 174 Å². The summed E-state index contributed by atoms with van der Waals surface area (Å²) < 4.78 is 0. The molecule has 0 saturated heterocycles. The largest absolute Gasteiger partial charge is 0.306 e. The summed E-state index contributed by atoms with van der Waals surface area (Å²) in [5.41, 5.74) is 3.50. The molecule has 2 heteroatoms. The van der Waals surface area contributed by atoms with Gasteiger partial charge < -0.3 is 4.90 Å². The predicted octanol–water partition coefficient (Wildman–Crippen LogP) is 7.30. The van der Waals surface area contributed by atoms with E-state index in [1.165, 1.54) is 89.0 Å². The molecule has 0 heterocycles. The number of fused-ring (bicyclic) bond motifs is 1. The number of aryl methyl sites for hydroxylation is 1. The van der Waals surface area contributed by atoms with E-state index in [2.05, 4.69) is 50.2 Å². The molecule has 3 rings (SSSR count). The van der Waals surface area contributed by atoms with Crippen LogP contribution in [0.25, 0.3) is 0 Å². The minimum atomic E-state index is 0. The zero-order valence-electron chi connectivity index (χ0n) is 18.0.